The zero-order valence-corrected chi connectivity index (χ0v) is 16.4. The van der Waals surface area contributed by atoms with E-state index in [9.17, 15) is 5.11 Å². The van der Waals surface area contributed by atoms with Gasteiger partial charge in [-0.05, 0) is 49.4 Å². The molecule has 0 radical (unpaired) electrons. The van der Waals surface area contributed by atoms with Gasteiger partial charge in [-0.15, -0.1) is 0 Å². The molecule has 2 aromatic carbocycles. The van der Waals surface area contributed by atoms with Gasteiger partial charge < -0.3 is 9.84 Å². The minimum absolute atomic E-state index is 0.249. The molecule has 146 valence electrons. The van der Waals surface area contributed by atoms with Crippen molar-refractivity contribution in [2.75, 3.05) is 33.3 Å². The highest BCUT2D eigenvalue weighted by Gasteiger charge is 2.32. The molecule has 0 amide bonds. The summed E-state index contributed by atoms with van der Waals surface area (Å²) < 4.78 is 5.52. The van der Waals surface area contributed by atoms with Gasteiger partial charge in [-0.25, -0.2) is 0 Å². The lowest BCUT2D eigenvalue weighted by Crippen LogP contribution is -2.54. The Bertz CT molecular complexity index is 755. The lowest BCUT2D eigenvalue weighted by molar-refractivity contribution is -0.0143. The van der Waals surface area contributed by atoms with Crippen LogP contribution in [0.15, 0.2) is 36.4 Å². The zero-order chi connectivity index (χ0) is 18.6. The molecule has 0 spiro atoms. The van der Waals surface area contributed by atoms with Gasteiger partial charge in [0.1, 0.15) is 5.75 Å². The Morgan fingerprint density at radius 2 is 1.70 bits per heavy atom. The average Bonchev–Trinajstić information content (AvgIpc) is 2.98. The molecule has 2 atom stereocenters. The number of aliphatic hydroxyl groups excluding tert-OH is 1. The molecule has 0 aromatic heterocycles. The van der Waals surface area contributed by atoms with Gasteiger partial charge >= 0.3 is 0 Å². The fraction of sp³-hybridized carbons (Fsp3) is 0.565. The third-order valence-corrected chi connectivity index (χ3v) is 6.33. The summed E-state index contributed by atoms with van der Waals surface area (Å²) in [6.45, 7) is 5.02. The van der Waals surface area contributed by atoms with E-state index in [2.05, 4.69) is 46.2 Å². The fourth-order valence-electron chi connectivity index (χ4n) is 4.87. The van der Waals surface area contributed by atoms with Crippen molar-refractivity contribution in [1.29, 1.82) is 0 Å². The number of nitrogens with zero attached hydrogens (tertiary/aromatic N) is 2. The molecule has 0 bridgehead atoms. The van der Waals surface area contributed by atoms with Crippen LogP contribution in [0.3, 0.4) is 0 Å². The summed E-state index contributed by atoms with van der Waals surface area (Å²) in [5, 5.41) is 13.3. The summed E-state index contributed by atoms with van der Waals surface area (Å²) in [4.78, 5) is 4.96. The minimum atomic E-state index is -0.249. The van der Waals surface area contributed by atoms with Gasteiger partial charge in [-0.1, -0.05) is 43.2 Å². The molecule has 2 aliphatic rings. The smallest absolute Gasteiger partial charge is 0.126 e. The fourth-order valence-corrected chi connectivity index (χ4v) is 4.87. The highest BCUT2D eigenvalue weighted by molar-refractivity contribution is 5.91. The largest absolute Gasteiger partial charge is 0.496 e. The molecule has 2 aromatic rings. The first-order valence-corrected chi connectivity index (χ1v) is 10.5. The molecule has 2 heterocycles. The molecule has 2 aliphatic heterocycles. The Morgan fingerprint density at radius 1 is 0.963 bits per heavy atom. The number of benzene rings is 2. The molecule has 2 saturated heterocycles. The molecule has 0 aliphatic carbocycles. The number of likely N-dealkylation sites (tertiary alicyclic amines) is 2. The Kier molecular flexibility index (Phi) is 5.96. The number of piperidine rings is 1. The quantitative estimate of drug-likeness (QED) is 0.893. The molecule has 27 heavy (non-hydrogen) atoms. The topological polar surface area (TPSA) is 35.9 Å². The maximum atomic E-state index is 10.9. The first-order valence-electron chi connectivity index (χ1n) is 10.5. The highest BCUT2D eigenvalue weighted by Crippen LogP contribution is 2.30. The maximum Gasteiger partial charge on any atom is 0.126 e. The average molecular weight is 369 g/mol. The number of rotatable bonds is 4. The van der Waals surface area contributed by atoms with Crippen molar-refractivity contribution < 1.29 is 9.84 Å². The number of ether oxygens (including phenoxy) is 1. The van der Waals surface area contributed by atoms with Crippen molar-refractivity contribution >= 4 is 10.8 Å². The van der Waals surface area contributed by atoms with Gasteiger partial charge in [-0.3, -0.25) is 9.80 Å². The molecule has 0 saturated carbocycles. The SMILES string of the molecule is COc1ccc(CN2CC[C@H](N3CCCCCC3)[C@@H](O)C2)c2ccccc12. The maximum absolute atomic E-state index is 10.9. The van der Waals surface area contributed by atoms with Gasteiger partial charge in [0.15, 0.2) is 0 Å². The first kappa shape index (κ1) is 18.7. The van der Waals surface area contributed by atoms with E-state index in [1.807, 2.05) is 0 Å². The van der Waals surface area contributed by atoms with Crippen LogP contribution in [0, 0.1) is 0 Å². The number of methoxy groups -OCH3 is 1. The van der Waals surface area contributed by atoms with Crippen molar-refractivity contribution in [1.82, 2.24) is 9.80 Å². The Labute approximate surface area is 162 Å². The standard InChI is InChI=1S/C23H32N2O2/c1-27-23-11-10-18(19-8-4-5-9-20(19)23)16-24-15-12-21(22(26)17-24)25-13-6-2-3-7-14-25/h4-5,8-11,21-22,26H,2-3,6-7,12-17H2,1H3/t21-,22-/m0/s1. The normalized spacial score (nSPS) is 25.4. The summed E-state index contributed by atoms with van der Waals surface area (Å²) in [5.41, 5.74) is 1.31. The van der Waals surface area contributed by atoms with E-state index < -0.39 is 0 Å². The van der Waals surface area contributed by atoms with Crippen LogP contribution in [-0.4, -0.2) is 60.3 Å². The van der Waals surface area contributed by atoms with Crippen LogP contribution in [0.25, 0.3) is 10.8 Å². The Morgan fingerprint density at radius 3 is 2.41 bits per heavy atom. The van der Waals surface area contributed by atoms with Crippen LogP contribution in [0.5, 0.6) is 5.75 Å². The van der Waals surface area contributed by atoms with Crippen LogP contribution < -0.4 is 4.74 Å². The molecular formula is C23H32N2O2. The lowest BCUT2D eigenvalue weighted by Gasteiger charge is -2.41. The van der Waals surface area contributed by atoms with E-state index in [0.717, 1.165) is 50.3 Å². The van der Waals surface area contributed by atoms with Gasteiger partial charge in [0.05, 0.1) is 13.2 Å². The monoisotopic (exact) mass is 368 g/mol. The van der Waals surface area contributed by atoms with E-state index in [1.165, 1.54) is 36.6 Å². The summed E-state index contributed by atoms with van der Waals surface area (Å²) in [7, 11) is 1.73. The predicted molar refractivity (Wildman–Crippen MR) is 110 cm³/mol. The second-order valence-corrected chi connectivity index (χ2v) is 8.08. The van der Waals surface area contributed by atoms with Crippen LogP contribution in [0.4, 0.5) is 0 Å². The van der Waals surface area contributed by atoms with E-state index in [-0.39, 0.29) is 6.10 Å². The van der Waals surface area contributed by atoms with Crippen LogP contribution in [-0.2, 0) is 6.54 Å². The van der Waals surface area contributed by atoms with E-state index in [0.29, 0.717) is 6.04 Å². The third kappa shape index (κ3) is 4.13. The molecular weight excluding hydrogens is 336 g/mol. The summed E-state index contributed by atoms with van der Waals surface area (Å²) in [5.74, 6) is 0.925. The van der Waals surface area contributed by atoms with Crippen molar-refractivity contribution in [3.05, 3.63) is 42.0 Å². The summed E-state index contributed by atoms with van der Waals surface area (Å²) >= 11 is 0. The summed E-state index contributed by atoms with van der Waals surface area (Å²) in [6, 6.07) is 13.0. The molecule has 0 unspecified atom stereocenters. The number of hydrogen-bond acceptors (Lipinski definition) is 4. The molecule has 4 nitrogen and oxygen atoms in total. The lowest BCUT2D eigenvalue weighted by atomic mass is 9.98. The molecule has 1 N–H and O–H groups in total. The van der Waals surface area contributed by atoms with Gasteiger partial charge in [0, 0.05) is 31.1 Å². The van der Waals surface area contributed by atoms with Crippen LogP contribution in [0.2, 0.25) is 0 Å². The van der Waals surface area contributed by atoms with Crippen molar-refractivity contribution in [3.8, 4) is 5.75 Å². The number of aliphatic hydroxyl groups is 1. The van der Waals surface area contributed by atoms with Crippen LogP contribution >= 0.6 is 0 Å². The minimum Gasteiger partial charge on any atom is -0.496 e. The molecule has 4 heteroatoms. The number of β-amino-alcohol motifs (C(OH)–C–C–N with tert-alkyl or cyclic N) is 1. The van der Waals surface area contributed by atoms with Crippen molar-refractivity contribution in [2.24, 2.45) is 0 Å². The van der Waals surface area contributed by atoms with Crippen LogP contribution in [0.1, 0.15) is 37.7 Å². The van der Waals surface area contributed by atoms with Gasteiger partial charge in [-0.2, -0.15) is 0 Å². The third-order valence-electron chi connectivity index (χ3n) is 6.33. The van der Waals surface area contributed by atoms with Crippen molar-refractivity contribution in [2.45, 2.75) is 50.8 Å². The van der Waals surface area contributed by atoms with E-state index in [1.54, 1.807) is 7.11 Å². The number of fused-ring (bicyclic) bond motifs is 1. The zero-order valence-electron chi connectivity index (χ0n) is 16.4. The van der Waals surface area contributed by atoms with Gasteiger partial charge in [0.2, 0.25) is 0 Å². The summed E-state index contributed by atoms with van der Waals surface area (Å²) in [6.07, 6.45) is 6.07. The second-order valence-electron chi connectivity index (χ2n) is 8.08. The predicted octanol–water partition coefficient (Wildman–Crippen LogP) is 3.66. The van der Waals surface area contributed by atoms with Crippen molar-refractivity contribution in [3.63, 3.8) is 0 Å². The van der Waals surface area contributed by atoms with E-state index in [4.69, 9.17) is 4.74 Å². The molecule has 4 rings (SSSR count). The highest BCUT2D eigenvalue weighted by atomic mass is 16.5. The Balaban J connectivity index is 1.45. The van der Waals surface area contributed by atoms with E-state index >= 15 is 0 Å². The molecule has 2 fully saturated rings. The number of hydrogen-bond donors (Lipinski definition) is 1. The first-order chi connectivity index (χ1) is 13.3. The van der Waals surface area contributed by atoms with Gasteiger partial charge in [0.25, 0.3) is 0 Å². The Hall–Kier alpha value is -1.62. The second kappa shape index (κ2) is 8.59.